The number of aliphatic carboxylic acids is 1. The molecule has 7 heteroatoms. The highest BCUT2D eigenvalue weighted by Gasteiger charge is 2.36. The topological polar surface area (TPSA) is 82.5 Å². The van der Waals surface area contributed by atoms with E-state index in [0.29, 0.717) is 13.1 Å². The maximum Gasteiger partial charge on any atom is 0.329 e. The summed E-state index contributed by atoms with van der Waals surface area (Å²) in [5.74, 6) is -1.03. The molecule has 0 aromatic carbocycles. The summed E-state index contributed by atoms with van der Waals surface area (Å²) in [4.78, 5) is 29.2. The molecule has 2 N–H and O–H groups in total. The van der Waals surface area contributed by atoms with Crippen LogP contribution in [-0.4, -0.2) is 39.1 Å². The molecule has 0 bridgehead atoms. The molecule has 1 aromatic heterocycles. The maximum atomic E-state index is 12.0. The number of nitrogens with one attached hydrogen (secondary N) is 1. The van der Waals surface area contributed by atoms with E-state index in [1.54, 1.807) is 18.6 Å². The lowest BCUT2D eigenvalue weighted by Crippen LogP contribution is -2.55. The molecule has 2 amide bonds. The third-order valence-electron chi connectivity index (χ3n) is 2.66. The molecule has 6 nitrogen and oxygen atoms in total. The van der Waals surface area contributed by atoms with E-state index >= 15 is 0 Å². The molecular formula is C11H17N3O3S. The van der Waals surface area contributed by atoms with Gasteiger partial charge < -0.3 is 15.3 Å². The fraction of sp³-hybridized carbons (Fsp3) is 0.545. The Hall–Kier alpha value is -1.63. The van der Waals surface area contributed by atoms with Crippen LogP contribution < -0.4 is 5.32 Å². The minimum atomic E-state index is -1.23. The van der Waals surface area contributed by atoms with Crippen molar-refractivity contribution in [3.05, 3.63) is 16.6 Å². The van der Waals surface area contributed by atoms with Crippen molar-refractivity contribution in [3.63, 3.8) is 0 Å². The number of carboxylic acids is 1. The van der Waals surface area contributed by atoms with Gasteiger partial charge >= 0.3 is 12.0 Å². The lowest BCUT2D eigenvalue weighted by Gasteiger charge is -2.34. The smallest absolute Gasteiger partial charge is 0.329 e. The summed E-state index contributed by atoms with van der Waals surface area (Å²) in [6.45, 7) is 5.44. The van der Waals surface area contributed by atoms with Gasteiger partial charge in [0.15, 0.2) is 0 Å². The fourth-order valence-corrected chi connectivity index (χ4v) is 2.03. The van der Waals surface area contributed by atoms with E-state index in [-0.39, 0.29) is 0 Å². The van der Waals surface area contributed by atoms with Crippen molar-refractivity contribution in [1.82, 2.24) is 15.2 Å². The number of aromatic nitrogens is 1. The number of carboxylic acid groups (broad SMARTS) is 1. The second-order valence-electron chi connectivity index (χ2n) is 4.23. The average molecular weight is 271 g/mol. The summed E-state index contributed by atoms with van der Waals surface area (Å²) >= 11 is 1.44. The highest BCUT2D eigenvalue weighted by molar-refractivity contribution is 7.09. The van der Waals surface area contributed by atoms with Crippen LogP contribution in [0.4, 0.5) is 4.79 Å². The summed E-state index contributed by atoms with van der Waals surface area (Å²) in [5.41, 5.74) is 0.451. The van der Waals surface area contributed by atoms with Gasteiger partial charge in [-0.2, -0.15) is 0 Å². The molecule has 1 heterocycles. The molecule has 0 atom stereocenters. The number of urea groups is 1. The van der Waals surface area contributed by atoms with E-state index in [4.69, 9.17) is 5.11 Å². The van der Waals surface area contributed by atoms with Gasteiger partial charge in [-0.3, -0.25) is 4.98 Å². The largest absolute Gasteiger partial charge is 0.480 e. The Morgan fingerprint density at radius 3 is 2.67 bits per heavy atom. The highest BCUT2D eigenvalue weighted by atomic mass is 32.1. The number of rotatable bonds is 5. The number of likely N-dealkylation sites (N-methyl/N-ethyl adjacent to an activating group) is 1. The summed E-state index contributed by atoms with van der Waals surface area (Å²) in [7, 11) is 0. The standard InChI is InChI=1S/C11H17N3O3S/c1-4-14(11(2,3)9(15)16)10(17)13-6-8-5-12-7-18-8/h5,7H,4,6H2,1-3H3,(H,13,17)(H,15,16). The number of carbonyl (C=O) groups is 2. The molecule has 0 aliphatic heterocycles. The van der Waals surface area contributed by atoms with Crippen molar-refractivity contribution in [1.29, 1.82) is 0 Å². The normalized spacial score (nSPS) is 11.1. The first-order valence-electron chi connectivity index (χ1n) is 5.55. The van der Waals surface area contributed by atoms with Crippen molar-refractivity contribution in [3.8, 4) is 0 Å². The first-order chi connectivity index (χ1) is 8.39. The van der Waals surface area contributed by atoms with Crippen LogP contribution in [-0.2, 0) is 11.3 Å². The minimum absolute atomic E-state index is 0.327. The van der Waals surface area contributed by atoms with Crippen LogP contribution in [0.5, 0.6) is 0 Å². The Morgan fingerprint density at radius 1 is 1.56 bits per heavy atom. The van der Waals surface area contributed by atoms with Crippen LogP contribution in [0, 0.1) is 0 Å². The molecule has 0 fully saturated rings. The van der Waals surface area contributed by atoms with Crippen LogP contribution >= 0.6 is 11.3 Å². The summed E-state index contributed by atoms with van der Waals surface area (Å²) in [6, 6.07) is -0.390. The number of thiazole rings is 1. The minimum Gasteiger partial charge on any atom is -0.480 e. The molecular weight excluding hydrogens is 254 g/mol. The van der Waals surface area contributed by atoms with Gasteiger partial charge in [0.05, 0.1) is 12.1 Å². The third-order valence-corrected chi connectivity index (χ3v) is 3.44. The van der Waals surface area contributed by atoms with Crippen LogP contribution in [0.25, 0.3) is 0 Å². The van der Waals surface area contributed by atoms with Crippen LogP contribution in [0.15, 0.2) is 11.7 Å². The van der Waals surface area contributed by atoms with E-state index in [1.165, 1.54) is 30.1 Å². The molecule has 100 valence electrons. The quantitative estimate of drug-likeness (QED) is 0.851. The summed E-state index contributed by atoms with van der Waals surface area (Å²) < 4.78 is 0. The lowest BCUT2D eigenvalue weighted by atomic mass is 10.0. The molecule has 1 rings (SSSR count). The Bertz CT molecular complexity index is 417. The Labute approximate surface area is 110 Å². The predicted molar refractivity (Wildman–Crippen MR) is 68.4 cm³/mol. The third kappa shape index (κ3) is 3.19. The van der Waals surface area contributed by atoms with E-state index in [1.807, 2.05) is 0 Å². The zero-order chi connectivity index (χ0) is 13.8. The zero-order valence-electron chi connectivity index (χ0n) is 10.6. The number of hydrogen-bond acceptors (Lipinski definition) is 4. The van der Waals surface area contributed by atoms with E-state index in [9.17, 15) is 9.59 Å². The van der Waals surface area contributed by atoms with Gasteiger partial charge in [-0.1, -0.05) is 0 Å². The monoisotopic (exact) mass is 271 g/mol. The van der Waals surface area contributed by atoms with Gasteiger partial charge in [0.1, 0.15) is 5.54 Å². The molecule has 0 spiro atoms. The molecule has 0 aliphatic rings. The first-order valence-corrected chi connectivity index (χ1v) is 6.43. The molecule has 0 radical (unpaired) electrons. The van der Waals surface area contributed by atoms with Gasteiger partial charge in [-0.15, -0.1) is 11.3 Å². The number of nitrogens with zero attached hydrogens (tertiary/aromatic N) is 2. The second-order valence-corrected chi connectivity index (χ2v) is 5.21. The Morgan fingerprint density at radius 2 is 2.22 bits per heavy atom. The van der Waals surface area contributed by atoms with E-state index in [2.05, 4.69) is 10.3 Å². The highest BCUT2D eigenvalue weighted by Crippen LogP contribution is 2.15. The van der Waals surface area contributed by atoms with Gasteiger partial charge in [0, 0.05) is 17.6 Å². The fourth-order valence-electron chi connectivity index (χ4n) is 1.50. The maximum absolute atomic E-state index is 12.0. The molecule has 0 saturated carbocycles. The van der Waals surface area contributed by atoms with Crippen molar-refractivity contribution < 1.29 is 14.7 Å². The summed E-state index contributed by atoms with van der Waals surface area (Å²) in [6.07, 6.45) is 1.67. The zero-order valence-corrected chi connectivity index (χ0v) is 11.5. The van der Waals surface area contributed by atoms with Gasteiger partial charge in [-0.25, -0.2) is 9.59 Å². The SMILES string of the molecule is CCN(C(=O)NCc1cncs1)C(C)(C)C(=O)O. The molecule has 0 aliphatic carbocycles. The average Bonchev–Trinajstić information content (AvgIpc) is 2.79. The van der Waals surface area contributed by atoms with Crippen molar-refractivity contribution >= 4 is 23.3 Å². The molecule has 0 unspecified atom stereocenters. The first kappa shape index (κ1) is 14.4. The Balaban J connectivity index is 2.65. The van der Waals surface area contributed by atoms with Crippen molar-refractivity contribution in [2.45, 2.75) is 32.9 Å². The summed E-state index contributed by atoms with van der Waals surface area (Å²) in [5, 5.41) is 11.8. The molecule has 1 aromatic rings. The molecule has 18 heavy (non-hydrogen) atoms. The second kappa shape index (κ2) is 5.81. The van der Waals surface area contributed by atoms with Crippen LogP contribution in [0.3, 0.4) is 0 Å². The van der Waals surface area contributed by atoms with Gasteiger partial charge in [-0.05, 0) is 20.8 Å². The number of amides is 2. The Kier molecular flexibility index (Phi) is 4.66. The number of carbonyl (C=O) groups excluding carboxylic acids is 1. The van der Waals surface area contributed by atoms with Gasteiger partial charge in [0.2, 0.25) is 0 Å². The van der Waals surface area contributed by atoms with Crippen molar-refractivity contribution in [2.75, 3.05) is 6.54 Å². The lowest BCUT2D eigenvalue weighted by molar-refractivity contribution is -0.147. The van der Waals surface area contributed by atoms with E-state index in [0.717, 1.165) is 4.88 Å². The van der Waals surface area contributed by atoms with Crippen LogP contribution in [0.1, 0.15) is 25.6 Å². The van der Waals surface area contributed by atoms with Gasteiger partial charge in [0.25, 0.3) is 0 Å². The van der Waals surface area contributed by atoms with Crippen LogP contribution in [0.2, 0.25) is 0 Å². The number of hydrogen-bond donors (Lipinski definition) is 2. The van der Waals surface area contributed by atoms with Crippen molar-refractivity contribution in [2.24, 2.45) is 0 Å². The molecule has 0 saturated heterocycles. The predicted octanol–water partition coefficient (Wildman–Crippen LogP) is 1.54. The van der Waals surface area contributed by atoms with E-state index < -0.39 is 17.5 Å².